The van der Waals surface area contributed by atoms with Gasteiger partial charge in [0.05, 0.1) is 6.20 Å². The molecule has 7 nitrogen and oxygen atoms in total. The van der Waals surface area contributed by atoms with Crippen LogP contribution in [0.4, 0.5) is 10.2 Å². The number of halogens is 2. The number of thioether (sulfide) groups is 1. The predicted octanol–water partition coefficient (Wildman–Crippen LogP) is 3.61. The Morgan fingerprint density at radius 1 is 1.45 bits per heavy atom. The molecule has 0 radical (unpaired) electrons. The van der Waals surface area contributed by atoms with Gasteiger partial charge in [-0.3, -0.25) is 4.57 Å². The van der Waals surface area contributed by atoms with Crippen molar-refractivity contribution in [2.75, 3.05) is 16.4 Å². The quantitative estimate of drug-likeness (QED) is 0.354. The number of hydrogen-bond acceptors (Lipinski definition) is 7. The van der Waals surface area contributed by atoms with Crippen LogP contribution >= 0.6 is 34.4 Å². The van der Waals surface area contributed by atoms with Gasteiger partial charge in [-0.2, -0.15) is 4.98 Å². The van der Waals surface area contributed by atoms with Crippen molar-refractivity contribution in [3.05, 3.63) is 22.5 Å². The largest absolute Gasteiger partial charge is 0.459 e. The first-order valence-electron chi connectivity index (χ1n) is 9.65. The van der Waals surface area contributed by atoms with E-state index in [0.717, 1.165) is 30.0 Å². The van der Waals surface area contributed by atoms with Crippen LogP contribution in [0, 0.1) is 23.6 Å². The van der Waals surface area contributed by atoms with Gasteiger partial charge in [-0.1, -0.05) is 49.8 Å². The molecule has 0 amide bonds. The first kappa shape index (κ1) is 24.4. The Kier molecular flexibility index (Phi) is 9.20. The van der Waals surface area contributed by atoms with Crippen LogP contribution < -0.4 is 11.4 Å². The molecule has 0 unspecified atom stereocenters. The maximum Gasteiger partial charge on any atom is 0.351 e. The molecule has 1 aromatic heterocycles. The van der Waals surface area contributed by atoms with Crippen molar-refractivity contribution in [3.8, 4) is 0 Å². The van der Waals surface area contributed by atoms with Gasteiger partial charge in [0.2, 0.25) is 5.44 Å². The summed E-state index contributed by atoms with van der Waals surface area (Å²) in [5, 5.41) is 0. The van der Waals surface area contributed by atoms with E-state index in [4.69, 9.17) is 15.2 Å². The first-order chi connectivity index (χ1) is 13.8. The number of esters is 1. The van der Waals surface area contributed by atoms with Gasteiger partial charge in [0.15, 0.2) is 11.6 Å². The number of anilines is 1. The van der Waals surface area contributed by atoms with Crippen LogP contribution in [0.15, 0.2) is 11.0 Å². The third-order valence-corrected chi connectivity index (χ3v) is 6.42. The molecule has 5 atom stereocenters. The van der Waals surface area contributed by atoms with E-state index in [1.165, 1.54) is 11.8 Å². The molecular formula is C19H29FIN3O4S. The lowest BCUT2D eigenvalue weighted by atomic mass is 9.75. The molecule has 2 fully saturated rings. The van der Waals surface area contributed by atoms with Gasteiger partial charge in [0, 0.05) is 5.75 Å². The number of aromatic nitrogens is 2. The van der Waals surface area contributed by atoms with Crippen LogP contribution in [0.25, 0.3) is 0 Å². The van der Waals surface area contributed by atoms with E-state index in [9.17, 15) is 14.0 Å². The van der Waals surface area contributed by atoms with Gasteiger partial charge in [0.25, 0.3) is 0 Å². The summed E-state index contributed by atoms with van der Waals surface area (Å²) in [6, 6.07) is 0. The molecule has 3 rings (SSSR count). The molecule has 1 saturated heterocycles. The molecule has 0 bridgehead atoms. The summed E-state index contributed by atoms with van der Waals surface area (Å²) in [6.45, 7) is 6.46. The average Bonchev–Trinajstić information content (AvgIpc) is 3.16. The first-order valence-corrected chi connectivity index (χ1v) is 12.9. The zero-order chi connectivity index (χ0) is 21.7. The molecule has 1 aliphatic heterocycles. The van der Waals surface area contributed by atoms with Crippen molar-refractivity contribution >= 4 is 46.1 Å². The van der Waals surface area contributed by atoms with E-state index >= 15 is 0 Å². The van der Waals surface area contributed by atoms with E-state index in [1.807, 2.05) is 4.93 Å². The predicted molar refractivity (Wildman–Crippen MR) is 120 cm³/mol. The monoisotopic (exact) mass is 541 g/mol. The van der Waals surface area contributed by atoms with Gasteiger partial charge in [-0.15, -0.1) is 11.8 Å². The molecule has 1 saturated carbocycles. The van der Waals surface area contributed by atoms with E-state index in [0.29, 0.717) is 23.5 Å². The minimum absolute atomic E-state index is 0.122. The third-order valence-electron chi connectivity index (χ3n) is 5.34. The van der Waals surface area contributed by atoms with Crippen molar-refractivity contribution in [3.63, 3.8) is 0 Å². The zero-order valence-electron chi connectivity index (χ0n) is 17.1. The van der Waals surface area contributed by atoms with E-state index in [2.05, 4.69) is 48.3 Å². The molecule has 1 aromatic rings. The molecule has 0 aromatic carbocycles. The Morgan fingerprint density at radius 2 is 2.14 bits per heavy atom. The average molecular weight is 541 g/mol. The van der Waals surface area contributed by atoms with E-state index in [-0.39, 0.29) is 6.10 Å². The van der Waals surface area contributed by atoms with E-state index in [1.54, 1.807) is 0 Å². The SMILES string of the molecule is CC(C)[C@@H]1CC[C@@H](C)C[C@H]1OC(=O)[C@@H]1O[C@H](n2cc(F)c(N)nc2=O)CS1.CI. The van der Waals surface area contributed by atoms with Crippen LogP contribution in [-0.4, -0.2) is 37.7 Å². The number of nitrogen functional groups attached to an aromatic ring is 1. The molecular weight excluding hydrogens is 512 g/mol. The summed E-state index contributed by atoms with van der Waals surface area (Å²) in [5.41, 5.74) is 3.74. The standard InChI is InChI=1S/C18H26FN3O4S.CH3I/c1-9(2)11-5-4-10(3)6-13(11)25-16(23)17-26-14(8-27-17)22-7-12(19)15(20)21-18(22)24;1-2/h7,9-11,13-14,17H,4-6,8H2,1-3H3,(H2,20,21,24);1H3/t10-,11+,13-,14+,17-;/m1./s1. The number of rotatable bonds is 4. The molecule has 2 N–H and O–H groups in total. The summed E-state index contributed by atoms with van der Waals surface area (Å²) in [6.07, 6.45) is 3.09. The van der Waals surface area contributed by atoms with Gasteiger partial charge in [-0.25, -0.2) is 14.0 Å². The molecule has 10 heteroatoms. The lowest BCUT2D eigenvalue weighted by Crippen LogP contribution is -2.38. The number of alkyl halides is 1. The number of carbonyl (C=O) groups excluding carboxylic acids is 1. The van der Waals surface area contributed by atoms with Crippen molar-refractivity contribution in [1.82, 2.24) is 9.55 Å². The van der Waals surface area contributed by atoms with Crippen LogP contribution in [0.2, 0.25) is 0 Å². The second-order valence-electron chi connectivity index (χ2n) is 7.72. The molecule has 1 aliphatic carbocycles. The lowest BCUT2D eigenvalue weighted by molar-refractivity contribution is -0.166. The molecule has 2 heterocycles. The Balaban J connectivity index is 0.00000145. The Morgan fingerprint density at radius 3 is 2.79 bits per heavy atom. The fourth-order valence-corrected chi connectivity index (χ4v) is 4.76. The van der Waals surface area contributed by atoms with Crippen molar-refractivity contribution < 1.29 is 18.7 Å². The van der Waals surface area contributed by atoms with Crippen LogP contribution in [0.3, 0.4) is 0 Å². The normalized spacial score (nSPS) is 29.3. The van der Waals surface area contributed by atoms with E-state index < -0.39 is 35.0 Å². The number of carbonyl (C=O) groups is 1. The third kappa shape index (κ3) is 6.06. The van der Waals surface area contributed by atoms with Crippen LogP contribution in [-0.2, 0) is 14.3 Å². The minimum Gasteiger partial charge on any atom is -0.459 e. The highest BCUT2D eigenvalue weighted by Gasteiger charge is 2.39. The Labute approximate surface area is 188 Å². The topological polar surface area (TPSA) is 96.4 Å². The summed E-state index contributed by atoms with van der Waals surface area (Å²) >= 11 is 3.38. The smallest absolute Gasteiger partial charge is 0.351 e. The van der Waals surface area contributed by atoms with Crippen LogP contribution in [0.5, 0.6) is 0 Å². The van der Waals surface area contributed by atoms with Crippen molar-refractivity contribution in [2.45, 2.75) is 57.8 Å². The molecule has 29 heavy (non-hydrogen) atoms. The number of nitrogens with two attached hydrogens (primary N) is 1. The van der Waals surface area contributed by atoms with Gasteiger partial charge >= 0.3 is 11.7 Å². The zero-order valence-corrected chi connectivity index (χ0v) is 20.1. The van der Waals surface area contributed by atoms with Crippen molar-refractivity contribution in [2.24, 2.45) is 17.8 Å². The highest BCUT2D eigenvalue weighted by atomic mass is 127. The Hall–Kier alpha value is -0.880. The van der Waals surface area contributed by atoms with Crippen LogP contribution in [0.1, 0.15) is 46.3 Å². The highest BCUT2D eigenvalue weighted by Crippen LogP contribution is 2.37. The summed E-state index contributed by atoms with van der Waals surface area (Å²) in [5.74, 6) is -0.0872. The summed E-state index contributed by atoms with van der Waals surface area (Å²) < 4.78 is 26.1. The molecule has 0 spiro atoms. The summed E-state index contributed by atoms with van der Waals surface area (Å²) in [4.78, 5) is 29.9. The minimum atomic E-state index is -0.840. The number of nitrogens with zero attached hydrogens (tertiary/aromatic N) is 2. The Bertz CT molecular complexity index is 763. The fraction of sp³-hybridized carbons (Fsp3) is 0.737. The summed E-state index contributed by atoms with van der Waals surface area (Å²) in [7, 11) is 0. The maximum atomic E-state index is 13.6. The highest BCUT2D eigenvalue weighted by molar-refractivity contribution is 14.1. The fourth-order valence-electron chi connectivity index (χ4n) is 3.78. The van der Waals surface area contributed by atoms with Gasteiger partial charge in [0.1, 0.15) is 12.3 Å². The maximum absolute atomic E-state index is 13.6. The lowest BCUT2D eigenvalue weighted by Gasteiger charge is -2.37. The second-order valence-corrected chi connectivity index (χ2v) is 8.82. The second kappa shape index (κ2) is 10.9. The number of hydrogen-bond donors (Lipinski definition) is 1. The van der Waals surface area contributed by atoms with Crippen molar-refractivity contribution in [1.29, 1.82) is 0 Å². The molecule has 2 aliphatic rings. The van der Waals surface area contributed by atoms with Gasteiger partial charge in [-0.05, 0) is 35.5 Å². The van der Waals surface area contributed by atoms with Gasteiger partial charge < -0.3 is 15.2 Å². The number of ether oxygens (including phenoxy) is 2. The molecule has 164 valence electrons.